The van der Waals surface area contributed by atoms with Gasteiger partial charge in [-0.3, -0.25) is 9.69 Å². The van der Waals surface area contributed by atoms with Gasteiger partial charge in [0.1, 0.15) is 11.5 Å². The van der Waals surface area contributed by atoms with Crippen molar-refractivity contribution in [2.75, 3.05) is 26.2 Å². The van der Waals surface area contributed by atoms with Crippen molar-refractivity contribution >= 4 is 5.91 Å². The summed E-state index contributed by atoms with van der Waals surface area (Å²) in [5.74, 6) is 1.88. The van der Waals surface area contributed by atoms with Crippen molar-refractivity contribution in [1.82, 2.24) is 20.1 Å². The Morgan fingerprint density at radius 2 is 1.93 bits per heavy atom. The van der Waals surface area contributed by atoms with E-state index in [0.717, 1.165) is 75.3 Å². The average Bonchev–Trinajstić information content (AvgIpc) is 3.41. The molecule has 1 aromatic heterocycles. The van der Waals surface area contributed by atoms with E-state index >= 15 is 0 Å². The van der Waals surface area contributed by atoms with Crippen LogP contribution in [0.4, 0.5) is 0 Å². The maximum Gasteiger partial charge on any atom is 0.240 e. The van der Waals surface area contributed by atoms with Crippen molar-refractivity contribution < 1.29 is 9.21 Å². The molecule has 0 radical (unpaired) electrons. The molecule has 2 fully saturated rings. The number of rotatable bonds is 3. The first-order valence-corrected chi connectivity index (χ1v) is 10.6. The number of carbonyl (C=O) groups is 1. The predicted molar refractivity (Wildman–Crippen MR) is 107 cm³/mol. The van der Waals surface area contributed by atoms with Gasteiger partial charge in [0, 0.05) is 24.6 Å². The molecule has 0 bridgehead atoms. The van der Waals surface area contributed by atoms with Crippen molar-refractivity contribution in [2.24, 2.45) is 0 Å². The molecule has 1 amide bonds. The summed E-state index contributed by atoms with van der Waals surface area (Å²) >= 11 is 0. The summed E-state index contributed by atoms with van der Waals surface area (Å²) in [5.41, 5.74) is 1.91. The quantitative estimate of drug-likeness (QED) is 0.886. The molecule has 1 aromatic carbocycles. The molecule has 4 heterocycles. The van der Waals surface area contributed by atoms with Gasteiger partial charge in [-0.25, -0.2) is 4.98 Å². The van der Waals surface area contributed by atoms with Crippen LogP contribution >= 0.6 is 0 Å². The molecule has 2 aromatic rings. The summed E-state index contributed by atoms with van der Waals surface area (Å²) in [6, 6.07) is 10.6. The van der Waals surface area contributed by atoms with Gasteiger partial charge in [-0.15, -0.1) is 0 Å². The van der Waals surface area contributed by atoms with Crippen LogP contribution in [0.3, 0.4) is 0 Å². The smallest absolute Gasteiger partial charge is 0.240 e. The number of hydrogen-bond acceptors (Lipinski definition) is 5. The fourth-order valence-corrected chi connectivity index (χ4v) is 4.93. The molecule has 0 saturated carbocycles. The lowest BCUT2D eigenvalue weighted by atomic mass is 10.0. The number of likely N-dealkylation sites (tertiary alicyclic amines) is 1. The molecule has 5 rings (SSSR count). The fourth-order valence-electron chi connectivity index (χ4n) is 4.93. The first kappa shape index (κ1) is 17.9. The minimum Gasteiger partial charge on any atom is -0.441 e. The minimum atomic E-state index is 0.0464. The van der Waals surface area contributed by atoms with Crippen LogP contribution in [0.1, 0.15) is 37.1 Å². The topological polar surface area (TPSA) is 61.6 Å². The van der Waals surface area contributed by atoms with Gasteiger partial charge in [0.15, 0.2) is 0 Å². The van der Waals surface area contributed by atoms with E-state index in [2.05, 4.69) is 10.2 Å². The zero-order valence-corrected chi connectivity index (χ0v) is 16.3. The van der Waals surface area contributed by atoms with Crippen LogP contribution in [-0.4, -0.2) is 59.0 Å². The number of hydrogen-bond donors (Lipinski definition) is 1. The average molecular weight is 380 g/mol. The molecule has 148 valence electrons. The monoisotopic (exact) mass is 380 g/mol. The molecule has 0 unspecified atom stereocenters. The second-order valence-corrected chi connectivity index (χ2v) is 8.14. The largest absolute Gasteiger partial charge is 0.441 e. The number of nitrogens with one attached hydrogen (secondary N) is 1. The summed E-state index contributed by atoms with van der Waals surface area (Å²) in [7, 11) is 0. The van der Waals surface area contributed by atoms with Crippen LogP contribution in [0.5, 0.6) is 0 Å². The van der Waals surface area contributed by atoms with Gasteiger partial charge >= 0.3 is 0 Å². The summed E-state index contributed by atoms with van der Waals surface area (Å²) < 4.78 is 6.00. The van der Waals surface area contributed by atoms with Gasteiger partial charge in [-0.05, 0) is 57.5 Å². The summed E-state index contributed by atoms with van der Waals surface area (Å²) in [5, 5.41) is 3.43. The van der Waals surface area contributed by atoms with E-state index in [1.54, 1.807) is 0 Å². The Balaban J connectivity index is 1.30. The highest BCUT2D eigenvalue weighted by Crippen LogP contribution is 2.29. The van der Waals surface area contributed by atoms with Crippen molar-refractivity contribution in [2.45, 2.75) is 50.7 Å². The van der Waals surface area contributed by atoms with Crippen LogP contribution in [0.25, 0.3) is 11.5 Å². The van der Waals surface area contributed by atoms with Crippen LogP contribution in [-0.2, 0) is 17.8 Å². The van der Waals surface area contributed by atoms with Crippen molar-refractivity contribution in [3.05, 3.63) is 41.8 Å². The van der Waals surface area contributed by atoms with Gasteiger partial charge in [0.05, 0.1) is 12.6 Å². The summed E-state index contributed by atoms with van der Waals surface area (Å²) in [6.07, 6.45) is 5.16. The van der Waals surface area contributed by atoms with Crippen LogP contribution in [0.15, 0.2) is 34.7 Å². The third-order valence-corrected chi connectivity index (χ3v) is 6.42. The number of carbonyl (C=O) groups excluding carboxylic acids is 1. The number of nitrogens with zero attached hydrogens (tertiary/aromatic N) is 3. The van der Waals surface area contributed by atoms with Crippen LogP contribution < -0.4 is 5.32 Å². The van der Waals surface area contributed by atoms with Crippen LogP contribution in [0, 0.1) is 0 Å². The molecule has 1 atom stereocenters. The maximum absolute atomic E-state index is 13.4. The lowest BCUT2D eigenvalue weighted by molar-refractivity contribution is -0.138. The highest BCUT2D eigenvalue weighted by atomic mass is 16.4. The highest BCUT2D eigenvalue weighted by molar-refractivity contribution is 5.82. The molecule has 0 spiro atoms. The molecule has 28 heavy (non-hydrogen) atoms. The molecular weight excluding hydrogens is 352 g/mol. The van der Waals surface area contributed by atoms with Crippen molar-refractivity contribution in [3.8, 4) is 11.5 Å². The van der Waals surface area contributed by atoms with Gasteiger partial charge in [-0.1, -0.05) is 18.2 Å². The molecule has 1 N–H and O–H groups in total. The Morgan fingerprint density at radius 1 is 1.11 bits per heavy atom. The van der Waals surface area contributed by atoms with Gasteiger partial charge in [-0.2, -0.15) is 0 Å². The Kier molecular flexibility index (Phi) is 4.91. The maximum atomic E-state index is 13.4. The first-order chi connectivity index (χ1) is 13.8. The molecule has 0 aliphatic carbocycles. The number of fused-ring (bicyclic) bond motifs is 1. The Hall–Kier alpha value is -2.18. The number of piperidine rings is 1. The molecule has 6 heteroatoms. The number of aromatic nitrogens is 1. The standard InChI is InChI=1S/C22H28N4O2/c27-22(19-7-4-13-26(19)17-8-11-23-12-9-17)25-14-10-20-18(15-25)24-21(28-20)16-5-2-1-3-6-16/h1-3,5-6,17,19,23H,4,7-15H2/t19-/m0/s1. The molecule has 3 aliphatic rings. The predicted octanol–water partition coefficient (Wildman–Crippen LogP) is 2.44. The first-order valence-electron chi connectivity index (χ1n) is 10.6. The van der Waals surface area contributed by atoms with E-state index in [1.165, 1.54) is 0 Å². The molecule has 3 aliphatic heterocycles. The Bertz CT molecular complexity index is 828. The number of benzene rings is 1. The van der Waals surface area contributed by atoms with E-state index in [0.29, 0.717) is 18.5 Å². The molecule has 2 saturated heterocycles. The van der Waals surface area contributed by atoms with Gasteiger partial charge in [0.2, 0.25) is 11.8 Å². The number of amides is 1. The Morgan fingerprint density at radius 3 is 2.75 bits per heavy atom. The van der Waals surface area contributed by atoms with Gasteiger partial charge in [0.25, 0.3) is 0 Å². The van der Waals surface area contributed by atoms with E-state index in [9.17, 15) is 4.79 Å². The second kappa shape index (κ2) is 7.68. The van der Waals surface area contributed by atoms with E-state index in [1.807, 2.05) is 35.2 Å². The SMILES string of the molecule is O=C([C@@H]1CCCN1C1CCNCC1)N1CCc2oc(-c3ccccc3)nc2C1. The fraction of sp³-hybridized carbons (Fsp3) is 0.545. The summed E-state index contributed by atoms with van der Waals surface area (Å²) in [6.45, 7) is 4.49. The zero-order chi connectivity index (χ0) is 18.9. The second-order valence-electron chi connectivity index (χ2n) is 8.14. The van der Waals surface area contributed by atoms with E-state index in [-0.39, 0.29) is 11.9 Å². The van der Waals surface area contributed by atoms with Crippen molar-refractivity contribution in [3.63, 3.8) is 0 Å². The molecule has 6 nitrogen and oxygen atoms in total. The van der Waals surface area contributed by atoms with Gasteiger partial charge < -0.3 is 14.6 Å². The molecular formula is C22H28N4O2. The number of oxazole rings is 1. The zero-order valence-electron chi connectivity index (χ0n) is 16.3. The highest BCUT2D eigenvalue weighted by Gasteiger charge is 2.39. The third-order valence-electron chi connectivity index (χ3n) is 6.42. The third kappa shape index (κ3) is 3.35. The van der Waals surface area contributed by atoms with Crippen molar-refractivity contribution in [1.29, 1.82) is 0 Å². The van der Waals surface area contributed by atoms with E-state index < -0.39 is 0 Å². The Labute approximate surface area is 165 Å². The normalized spacial score (nSPS) is 23.7. The summed E-state index contributed by atoms with van der Waals surface area (Å²) in [4.78, 5) is 22.5. The lowest BCUT2D eigenvalue weighted by Crippen LogP contribution is -2.52. The lowest BCUT2D eigenvalue weighted by Gasteiger charge is -2.37. The van der Waals surface area contributed by atoms with Crippen LogP contribution in [0.2, 0.25) is 0 Å². The minimum absolute atomic E-state index is 0.0464. The van der Waals surface area contributed by atoms with E-state index in [4.69, 9.17) is 9.40 Å².